The molecule has 0 saturated carbocycles. The predicted molar refractivity (Wildman–Crippen MR) is 258 cm³/mol. The SMILES string of the molecule is CC1(C)c2ccccc2-c2ccc(-c3ccc(N(c4cccc(-c5cccc6c5C(C)(C)c5ccccc5-6)c4)c4ccc(-c5ccccc5)c(-c5ccccc5)c4)cc3)cc21. The standard InChI is InChI=1S/C60H47N/c1-59(2)55-27-13-11-23-50(55)52-35-31-43(38-57(52)59)40-29-32-45(33-30-40)61(47-34-36-48(41-17-7-5-8-18-41)54(39-47)42-19-9-6-10-20-42)46-22-15-21-44(37-46)49-25-16-26-53-51-24-12-14-28-56(51)60(3,4)58(49)53/h5-39H,1-4H3. The minimum Gasteiger partial charge on any atom is -0.310 e. The number of nitrogens with zero attached hydrogens (tertiary/aromatic N) is 1. The van der Waals surface area contributed by atoms with Gasteiger partial charge in [-0.05, 0) is 131 Å². The molecule has 11 rings (SSSR count). The van der Waals surface area contributed by atoms with Crippen molar-refractivity contribution in [2.45, 2.75) is 38.5 Å². The normalized spacial score (nSPS) is 13.8. The van der Waals surface area contributed by atoms with Crippen LogP contribution < -0.4 is 4.90 Å². The highest BCUT2D eigenvalue weighted by molar-refractivity contribution is 5.92. The maximum Gasteiger partial charge on any atom is 0.0468 e. The van der Waals surface area contributed by atoms with Crippen LogP contribution in [0.2, 0.25) is 0 Å². The number of fused-ring (bicyclic) bond motifs is 6. The summed E-state index contributed by atoms with van der Waals surface area (Å²) in [5.41, 5.74) is 23.8. The monoisotopic (exact) mass is 781 g/mol. The average molecular weight is 782 g/mol. The first kappa shape index (κ1) is 36.8. The number of hydrogen-bond donors (Lipinski definition) is 0. The molecule has 0 atom stereocenters. The topological polar surface area (TPSA) is 3.24 Å². The van der Waals surface area contributed by atoms with Crippen molar-refractivity contribution in [1.82, 2.24) is 0 Å². The van der Waals surface area contributed by atoms with Crippen LogP contribution in [0.4, 0.5) is 17.1 Å². The number of rotatable bonds is 7. The first-order valence-electron chi connectivity index (χ1n) is 21.5. The third-order valence-electron chi connectivity index (χ3n) is 13.5. The van der Waals surface area contributed by atoms with Gasteiger partial charge in [0.15, 0.2) is 0 Å². The predicted octanol–water partition coefficient (Wildman–Crippen LogP) is 16.4. The highest BCUT2D eigenvalue weighted by atomic mass is 15.1. The summed E-state index contributed by atoms with van der Waals surface area (Å²) in [7, 11) is 0. The number of anilines is 3. The van der Waals surface area contributed by atoms with Gasteiger partial charge in [-0.2, -0.15) is 0 Å². The van der Waals surface area contributed by atoms with Crippen LogP contribution in [0.1, 0.15) is 49.9 Å². The molecule has 61 heavy (non-hydrogen) atoms. The Morgan fingerprint density at radius 2 is 0.754 bits per heavy atom. The molecule has 0 N–H and O–H groups in total. The van der Waals surface area contributed by atoms with Crippen LogP contribution in [-0.2, 0) is 10.8 Å². The van der Waals surface area contributed by atoms with Gasteiger partial charge in [-0.1, -0.05) is 198 Å². The molecule has 292 valence electrons. The third kappa shape index (κ3) is 5.99. The van der Waals surface area contributed by atoms with Gasteiger partial charge in [-0.3, -0.25) is 0 Å². The molecule has 9 aromatic carbocycles. The Balaban J connectivity index is 1.06. The van der Waals surface area contributed by atoms with Crippen LogP contribution in [0.5, 0.6) is 0 Å². The highest BCUT2D eigenvalue weighted by Gasteiger charge is 2.38. The molecule has 0 saturated heterocycles. The molecule has 2 aliphatic rings. The van der Waals surface area contributed by atoms with Crippen molar-refractivity contribution in [1.29, 1.82) is 0 Å². The van der Waals surface area contributed by atoms with Gasteiger partial charge in [-0.15, -0.1) is 0 Å². The van der Waals surface area contributed by atoms with Crippen molar-refractivity contribution in [3.63, 3.8) is 0 Å². The second-order valence-corrected chi connectivity index (χ2v) is 17.7. The Labute approximate surface area is 360 Å². The molecule has 1 nitrogen and oxygen atoms in total. The lowest BCUT2D eigenvalue weighted by molar-refractivity contribution is 0.660. The second kappa shape index (κ2) is 14.2. The summed E-state index contributed by atoms with van der Waals surface area (Å²) < 4.78 is 0. The molecule has 0 unspecified atom stereocenters. The van der Waals surface area contributed by atoms with Gasteiger partial charge in [-0.25, -0.2) is 0 Å². The van der Waals surface area contributed by atoms with Crippen LogP contribution in [-0.4, -0.2) is 0 Å². The molecule has 9 aromatic rings. The maximum absolute atomic E-state index is 2.43. The minimum absolute atomic E-state index is 0.0526. The van der Waals surface area contributed by atoms with E-state index in [4.69, 9.17) is 0 Å². The zero-order valence-corrected chi connectivity index (χ0v) is 35.2. The molecule has 0 spiro atoms. The van der Waals surface area contributed by atoms with Crippen molar-refractivity contribution in [2.75, 3.05) is 4.90 Å². The van der Waals surface area contributed by atoms with E-state index in [-0.39, 0.29) is 10.8 Å². The molecule has 0 amide bonds. The van der Waals surface area contributed by atoms with Gasteiger partial charge in [0.2, 0.25) is 0 Å². The zero-order chi connectivity index (χ0) is 41.3. The maximum atomic E-state index is 2.43. The minimum atomic E-state index is -0.124. The zero-order valence-electron chi connectivity index (χ0n) is 35.2. The van der Waals surface area contributed by atoms with E-state index in [0.717, 1.165) is 17.1 Å². The van der Waals surface area contributed by atoms with Crippen LogP contribution in [0.15, 0.2) is 212 Å². The van der Waals surface area contributed by atoms with E-state index in [2.05, 4.69) is 245 Å². The largest absolute Gasteiger partial charge is 0.310 e. The van der Waals surface area contributed by atoms with E-state index in [0.29, 0.717) is 0 Å². The van der Waals surface area contributed by atoms with Gasteiger partial charge >= 0.3 is 0 Å². The van der Waals surface area contributed by atoms with E-state index >= 15 is 0 Å². The van der Waals surface area contributed by atoms with E-state index in [1.807, 2.05) is 0 Å². The number of hydrogen-bond acceptors (Lipinski definition) is 1. The third-order valence-corrected chi connectivity index (χ3v) is 13.5. The quantitative estimate of drug-likeness (QED) is 0.156. The first-order chi connectivity index (χ1) is 29.8. The van der Waals surface area contributed by atoms with Crippen LogP contribution in [0.25, 0.3) is 66.8 Å². The summed E-state index contributed by atoms with van der Waals surface area (Å²) in [4.78, 5) is 2.43. The van der Waals surface area contributed by atoms with Crippen molar-refractivity contribution < 1.29 is 0 Å². The van der Waals surface area contributed by atoms with Crippen LogP contribution >= 0.6 is 0 Å². The fraction of sp³-hybridized carbons (Fsp3) is 0.100. The summed E-state index contributed by atoms with van der Waals surface area (Å²) in [6, 6.07) is 78.5. The molecule has 1 heteroatoms. The van der Waals surface area contributed by atoms with E-state index in [1.165, 1.54) is 89.0 Å². The van der Waals surface area contributed by atoms with Crippen molar-refractivity contribution in [3.05, 3.63) is 235 Å². The number of benzene rings is 9. The van der Waals surface area contributed by atoms with Gasteiger partial charge in [0.05, 0.1) is 0 Å². The Hall–Kier alpha value is -7.22. The lowest BCUT2D eigenvalue weighted by atomic mass is 9.79. The van der Waals surface area contributed by atoms with Crippen molar-refractivity contribution in [3.8, 4) is 66.8 Å². The lowest BCUT2D eigenvalue weighted by Gasteiger charge is -2.28. The summed E-state index contributed by atoms with van der Waals surface area (Å²) in [6.07, 6.45) is 0. The van der Waals surface area contributed by atoms with Gasteiger partial charge in [0, 0.05) is 27.9 Å². The van der Waals surface area contributed by atoms with Crippen LogP contribution in [0, 0.1) is 0 Å². The van der Waals surface area contributed by atoms with Gasteiger partial charge < -0.3 is 4.90 Å². The smallest absolute Gasteiger partial charge is 0.0468 e. The Morgan fingerprint density at radius 1 is 0.262 bits per heavy atom. The summed E-state index contributed by atoms with van der Waals surface area (Å²) in [5.74, 6) is 0. The molecular formula is C60H47N. The van der Waals surface area contributed by atoms with E-state index in [9.17, 15) is 0 Å². The molecular weight excluding hydrogens is 735 g/mol. The first-order valence-corrected chi connectivity index (χ1v) is 21.5. The molecule has 0 bridgehead atoms. The molecule has 0 heterocycles. The van der Waals surface area contributed by atoms with Gasteiger partial charge in [0.1, 0.15) is 0 Å². The molecule has 0 fully saturated rings. The van der Waals surface area contributed by atoms with Crippen molar-refractivity contribution >= 4 is 17.1 Å². The summed E-state index contributed by atoms with van der Waals surface area (Å²) in [6.45, 7) is 9.46. The Morgan fingerprint density at radius 3 is 1.48 bits per heavy atom. The fourth-order valence-corrected chi connectivity index (χ4v) is 10.4. The molecule has 0 aromatic heterocycles. The Kier molecular flexibility index (Phi) is 8.58. The Bertz CT molecular complexity index is 3120. The van der Waals surface area contributed by atoms with E-state index in [1.54, 1.807) is 0 Å². The fourth-order valence-electron chi connectivity index (χ4n) is 10.4. The second-order valence-electron chi connectivity index (χ2n) is 17.7. The molecule has 0 aliphatic heterocycles. The highest BCUT2D eigenvalue weighted by Crippen LogP contribution is 2.53. The van der Waals surface area contributed by atoms with Crippen molar-refractivity contribution in [2.24, 2.45) is 0 Å². The van der Waals surface area contributed by atoms with E-state index < -0.39 is 0 Å². The average Bonchev–Trinajstić information content (AvgIpc) is 3.69. The van der Waals surface area contributed by atoms with Crippen LogP contribution in [0.3, 0.4) is 0 Å². The molecule has 2 aliphatic carbocycles. The summed E-state index contributed by atoms with van der Waals surface area (Å²) >= 11 is 0. The summed E-state index contributed by atoms with van der Waals surface area (Å²) in [5, 5.41) is 0. The lowest BCUT2D eigenvalue weighted by Crippen LogP contribution is -2.16. The van der Waals surface area contributed by atoms with Gasteiger partial charge in [0.25, 0.3) is 0 Å². The molecule has 0 radical (unpaired) electrons.